The number of halogens is 1. The number of hydrogen-bond donors (Lipinski definition) is 0. The predicted octanol–water partition coefficient (Wildman–Crippen LogP) is 4.82. The SMILES string of the molecule is Fc1ccccc1-c1nnc(SCc2noc(-c3cccs3)n2)n1C1CC1. The van der Waals surface area contributed by atoms with Crippen LogP contribution in [-0.2, 0) is 5.75 Å². The van der Waals surface area contributed by atoms with Gasteiger partial charge in [-0.15, -0.1) is 21.5 Å². The third kappa shape index (κ3) is 3.28. The van der Waals surface area contributed by atoms with Gasteiger partial charge in [-0.05, 0) is 36.4 Å². The van der Waals surface area contributed by atoms with Crippen LogP contribution in [0.25, 0.3) is 22.2 Å². The lowest BCUT2D eigenvalue weighted by Crippen LogP contribution is -2.01. The standard InChI is InChI=1S/C18H14FN5OS2/c19-13-5-2-1-4-12(13)16-21-22-18(24(16)11-7-8-11)27-10-15-20-17(25-23-15)14-6-3-9-26-14/h1-6,9,11H,7-8,10H2. The van der Waals surface area contributed by atoms with Crippen molar-refractivity contribution < 1.29 is 8.91 Å². The number of hydrogen-bond acceptors (Lipinski definition) is 7. The molecule has 5 rings (SSSR count). The Hall–Kier alpha value is -2.52. The van der Waals surface area contributed by atoms with E-state index in [1.165, 1.54) is 17.8 Å². The number of rotatable bonds is 6. The first-order valence-corrected chi connectivity index (χ1v) is 10.3. The number of thiophene rings is 1. The fraction of sp³-hybridized carbons (Fsp3) is 0.222. The maximum absolute atomic E-state index is 14.2. The smallest absolute Gasteiger partial charge is 0.268 e. The maximum Gasteiger partial charge on any atom is 0.268 e. The maximum atomic E-state index is 14.2. The highest BCUT2D eigenvalue weighted by molar-refractivity contribution is 7.98. The molecular weight excluding hydrogens is 385 g/mol. The normalized spacial score (nSPS) is 14.0. The summed E-state index contributed by atoms with van der Waals surface area (Å²) in [5.74, 6) is 1.92. The third-order valence-corrected chi connectivity index (χ3v) is 6.02. The molecule has 27 heavy (non-hydrogen) atoms. The molecule has 0 atom stereocenters. The van der Waals surface area contributed by atoms with E-state index in [0.29, 0.717) is 34.9 Å². The first kappa shape index (κ1) is 16.6. The summed E-state index contributed by atoms with van der Waals surface area (Å²) < 4.78 is 21.6. The lowest BCUT2D eigenvalue weighted by Gasteiger charge is -2.08. The molecule has 9 heteroatoms. The van der Waals surface area contributed by atoms with Gasteiger partial charge in [0.25, 0.3) is 5.89 Å². The van der Waals surface area contributed by atoms with E-state index in [1.807, 2.05) is 28.1 Å². The van der Waals surface area contributed by atoms with E-state index < -0.39 is 0 Å². The average molecular weight is 399 g/mol. The Labute approximate surface area is 162 Å². The first-order chi connectivity index (χ1) is 13.3. The molecule has 0 saturated heterocycles. The Morgan fingerprint density at radius 1 is 1.19 bits per heavy atom. The summed E-state index contributed by atoms with van der Waals surface area (Å²) in [4.78, 5) is 5.38. The van der Waals surface area contributed by atoms with E-state index in [4.69, 9.17) is 4.52 Å². The van der Waals surface area contributed by atoms with Crippen molar-refractivity contribution in [2.24, 2.45) is 0 Å². The van der Waals surface area contributed by atoms with Gasteiger partial charge in [0, 0.05) is 6.04 Å². The molecule has 3 aromatic heterocycles. The van der Waals surface area contributed by atoms with Crippen LogP contribution in [0.15, 0.2) is 51.5 Å². The van der Waals surface area contributed by atoms with Crippen LogP contribution in [0.3, 0.4) is 0 Å². The summed E-state index contributed by atoms with van der Waals surface area (Å²) in [5.41, 5.74) is 0.475. The minimum atomic E-state index is -0.290. The summed E-state index contributed by atoms with van der Waals surface area (Å²) in [5, 5.41) is 15.3. The van der Waals surface area contributed by atoms with Crippen molar-refractivity contribution in [2.45, 2.75) is 29.8 Å². The van der Waals surface area contributed by atoms with Crippen LogP contribution in [-0.4, -0.2) is 24.9 Å². The lowest BCUT2D eigenvalue weighted by atomic mass is 10.2. The second kappa shape index (κ2) is 6.90. The predicted molar refractivity (Wildman–Crippen MR) is 101 cm³/mol. The Morgan fingerprint density at radius 3 is 2.85 bits per heavy atom. The van der Waals surface area contributed by atoms with Crippen molar-refractivity contribution in [3.05, 3.63) is 53.4 Å². The Morgan fingerprint density at radius 2 is 2.07 bits per heavy atom. The molecule has 0 bridgehead atoms. The molecule has 1 fully saturated rings. The monoisotopic (exact) mass is 399 g/mol. The van der Waals surface area contributed by atoms with E-state index in [0.717, 1.165) is 22.9 Å². The van der Waals surface area contributed by atoms with Gasteiger partial charge in [0.2, 0.25) is 0 Å². The lowest BCUT2D eigenvalue weighted by molar-refractivity contribution is 0.426. The minimum absolute atomic E-state index is 0.290. The third-order valence-electron chi connectivity index (χ3n) is 4.22. The molecule has 0 aliphatic heterocycles. The Kier molecular flexibility index (Phi) is 4.25. The van der Waals surface area contributed by atoms with Crippen LogP contribution >= 0.6 is 23.1 Å². The zero-order chi connectivity index (χ0) is 18.2. The summed E-state index contributed by atoms with van der Waals surface area (Å²) in [7, 11) is 0. The molecule has 1 aliphatic rings. The highest BCUT2D eigenvalue weighted by Crippen LogP contribution is 2.41. The topological polar surface area (TPSA) is 69.6 Å². The van der Waals surface area contributed by atoms with Crippen molar-refractivity contribution in [3.63, 3.8) is 0 Å². The molecule has 136 valence electrons. The van der Waals surface area contributed by atoms with Crippen LogP contribution in [0.5, 0.6) is 0 Å². The Balaban J connectivity index is 1.39. The summed E-state index contributed by atoms with van der Waals surface area (Å²) in [6.07, 6.45) is 2.11. The van der Waals surface area contributed by atoms with Gasteiger partial charge in [0.1, 0.15) is 5.82 Å². The van der Waals surface area contributed by atoms with Gasteiger partial charge in [-0.2, -0.15) is 4.98 Å². The molecule has 4 aromatic rings. The molecular formula is C18H14FN5OS2. The van der Waals surface area contributed by atoms with Crippen LogP contribution in [0.2, 0.25) is 0 Å². The summed E-state index contributed by atoms with van der Waals surface area (Å²) in [6, 6.07) is 10.9. The van der Waals surface area contributed by atoms with Gasteiger partial charge in [-0.25, -0.2) is 4.39 Å². The van der Waals surface area contributed by atoms with E-state index >= 15 is 0 Å². The summed E-state index contributed by atoms with van der Waals surface area (Å²) in [6.45, 7) is 0. The molecule has 3 heterocycles. The van der Waals surface area contributed by atoms with Crippen LogP contribution < -0.4 is 0 Å². The average Bonchev–Trinajstić information content (AvgIpc) is 3.10. The van der Waals surface area contributed by atoms with Crippen LogP contribution in [0.1, 0.15) is 24.7 Å². The second-order valence-corrected chi connectivity index (χ2v) is 8.06. The van der Waals surface area contributed by atoms with E-state index in [1.54, 1.807) is 23.5 Å². The molecule has 0 radical (unpaired) electrons. The summed E-state index contributed by atoms with van der Waals surface area (Å²) >= 11 is 3.04. The zero-order valence-corrected chi connectivity index (χ0v) is 15.7. The van der Waals surface area contributed by atoms with Crippen molar-refractivity contribution in [3.8, 4) is 22.2 Å². The van der Waals surface area contributed by atoms with E-state index in [9.17, 15) is 4.39 Å². The highest BCUT2D eigenvalue weighted by Gasteiger charge is 2.31. The van der Waals surface area contributed by atoms with Gasteiger partial charge in [0.15, 0.2) is 16.8 Å². The fourth-order valence-electron chi connectivity index (χ4n) is 2.81. The molecule has 1 aromatic carbocycles. The van der Waals surface area contributed by atoms with Crippen molar-refractivity contribution in [1.82, 2.24) is 24.9 Å². The number of nitrogens with zero attached hydrogens (tertiary/aromatic N) is 5. The van der Waals surface area contributed by atoms with Gasteiger partial charge >= 0.3 is 0 Å². The van der Waals surface area contributed by atoms with Gasteiger partial charge in [-0.1, -0.05) is 35.1 Å². The van der Waals surface area contributed by atoms with E-state index in [2.05, 4.69) is 20.3 Å². The largest absolute Gasteiger partial charge is 0.333 e. The zero-order valence-electron chi connectivity index (χ0n) is 14.1. The highest BCUT2D eigenvalue weighted by atomic mass is 32.2. The quantitative estimate of drug-likeness (QED) is 0.433. The van der Waals surface area contributed by atoms with E-state index in [-0.39, 0.29) is 5.82 Å². The first-order valence-electron chi connectivity index (χ1n) is 8.48. The molecule has 0 spiro atoms. The molecule has 0 unspecified atom stereocenters. The number of thioether (sulfide) groups is 1. The molecule has 1 aliphatic carbocycles. The van der Waals surface area contributed by atoms with Crippen molar-refractivity contribution in [2.75, 3.05) is 0 Å². The van der Waals surface area contributed by atoms with Crippen LogP contribution in [0.4, 0.5) is 4.39 Å². The van der Waals surface area contributed by atoms with Gasteiger partial charge in [0.05, 0.1) is 16.2 Å². The molecule has 0 N–H and O–H groups in total. The molecule has 0 amide bonds. The Bertz CT molecular complexity index is 1070. The van der Waals surface area contributed by atoms with Gasteiger partial charge < -0.3 is 4.52 Å². The van der Waals surface area contributed by atoms with Crippen molar-refractivity contribution in [1.29, 1.82) is 0 Å². The second-order valence-electron chi connectivity index (χ2n) is 6.17. The molecule has 1 saturated carbocycles. The minimum Gasteiger partial charge on any atom is -0.333 e. The number of aromatic nitrogens is 5. The van der Waals surface area contributed by atoms with Gasteiger partial charge in [-0.3, -0.25) is 4.57 Å². The number of benzene rings is 1. The van der Waals surface area contributed by atoms with Crippen LogP contribution in [0, 0.1) is 5.82 Å². The molecule has 6 nitrogen and oxygen atoms in total. The van der Waals surface area contributed by atoms with Crippen molar-refractivity contribution >= 4 is 23.1 Å². The fourth-order valence-corrected chi connectivity index (χ4v) is 4.30.